The molecule has 2 aromatic carbocycles. The molecule has 0 amide bonds. The topological polar surface area (TPSA) is 52.3 Å². The molecule has 0 aromatic heterocycles. The fourth-order valence-corrected chi connectivity index (χ4v) is 2.66. The van der Waals surface area contributed by atoms with Crippen LogP contribution >= 0.6 is 27.5 Å². The zero-order valence-electron chi connectivity index (χ0n) is 10.8. The van der Waals surface area contributed by atoms with Crippen molar-refractivity contribution in [3.8, 4) is 5.75 Å². The zero-order valence-corrected chi connectivity index (χ0v) is 13.2. The van der Waals surface area contributed by atoms with Gasteiger partial charge in [0.15, 0.2) is 5.78 Å². The highest BCUT2D eigenvalue weighted by Crippen LogP contribution is 2.26. The number of methoxy groups -OCH3 is 1. The van der Waals surface area contributed by atoms with Gasteiger partial charge in [-0.15, -0.1) is 0 Å². The molecule has 2 rings (SSSR count). The fourth-order valence-electron chi connectivity index (χ4n) is 1.89. The smallest absolute Gasteiger partial charge is 0.169 e. The summed E-state index contributed by atoms with van der Waals surface area (Å²) in [5.74, 6) is 0.684. The van der Waals surface area contributed by atoms with E-state index in [2.05, 4.69) is 15.9 Å². The zero-order chi connectivity index (χ0) is 14.7. The second-order valence-corrected chi connectivity index (χ2v) is 5.59. The van der Waals surface area contributed by atoms with Gasteiger partial charge in [0.2, 0.25) is 0 Å². The maximum atomic E-state index is 12.2. The molecule has 0 radical (unpaired) electrons. The summed E-state index contributed by atoms with van der Waals surface area (Å²) in [5, 5.41) is 0.520. The molecule has 0 saturated carbocycles. The van der Waals surface area contributed by atoms with Crippen LogP contribution in [0.1, 0.15) is 15.9 Å². The standard InChI is InChI=1S/C15H13BrClNO2/c1-20-15-5-2-9(6-12(15)16)7-14(19)11-4-3-10(17)8-13(11)18/h2-6,8H,7,18H2,1H3. The van der Waals surface area contributed by atoms with E-state index in [9.17, 15) is 4.79 Å². The summed E-state index contributed by atoms with van der Waals surface area (Å²) >= 11 is 9.22. The Morgan fingerprint density at radius 1 is 1.30 bits per heavy atom. The Bertz CT molecular complexity index is 658. The summed E-state index contributed by atoms with van der Waals surface area (Å²) in [5.41, 5.74) is 7.59. The molecule has 0 saturated heterocycles. The van der Waals surface area contributed by atoms with Gasteiger partial charge in [0.05, 0.1) is 11.6 Å². The maximum Gasteiger partial charge on any atom is 0.169 e. The first-order valence-corrected chi connectivity index (χ1v) is 7.09. The Balaban J connectivity index is 2.21. The van der Waals surface area contributed by atoms with Gasteiger partial charge >= 0.3 is 0 Å². The Hall–Kier alpha value is -1.52. The minimum Gasteiger partial charge on any atom is -0.496 e. The summed E-state index contributed by atoms with van der Waals surface area (Å²) in [6.07, 6.45) is 0.272. The van der Waals surface area contributed by atoms with E-state index < -0.39 is 0 Å². The van der Waals surface area contributed by atoms with Crippen molar-refractivity contribution in [2.75, 3.05) is 12.8 Å². The van der Waals surface area contributed by atoms with Gasteiger partial charge < -0.3 is 10.5 Å². The van der Waals surface area contributed by atoms with Gasteiger partial charge in [0.1, 0.15) is 5.75 Å². The van der Waals surface area contributed by atoms with Crippen LogP contribution in [0.15, 0.2) is 40.9 Å². The predicted octanol–water partition coefficient (Wildman–Crippen LogP) is 4.12. The summed E-state index contributed by atoms with van der Waals surface area (Å²) in [4.78, 5) is 12.2. The highest BCUT2D eigenvalue weighted by molar-refractivity contribution is 9.10. The molecule has 5 heteroatoms. The van der Waals surface area contributed by atoms with E-state index in [0.717, 1.165) is 15.8 Å². The summed E-state index contributed by atoms with van der Waals surface area (Å²) in [6, 6.07) is 10.4. The summed E-state index contributed by atoms with van der Waals surface area (Å²) in [7, 11) is 1.60. The molecule has 0 aliphatic rings. The molecule has 0 fully saturated rings. The summed E-state index contributed by atoms with van der Waals surface area (Å²) in [6.45, 7) is 0. The first kappa shape index (κ1) is 14.9. The van der Waals surface area contributed by atoms with Crippen LogP contribution in [0.25, 0.3) is 0 Å². The lowest BCUT2D eigenvalue weighted by molar-refractivity contribution is 0.0994. The van der Waals surface area contributed by atoms with E-state index in [4.69, 9.17) is 22.1 Å². The number of carbonyl (C=O) groups excluding carboxylic acids is 1. The Morgan fingerprint density at radius 3 is 2.65 bits per heavy atom. The largest absolute Gasteiger partial charge is 0.496 e. The van der Waals surface area contributed by atoms with Gasteiger partial charge in [-0.2, -0.15) is 0 Å². The number of anilines is 1. The molecule has 2 aromatic rings. The van der Waals surface area contributed by atoms with E-state index in [0.29, 0.717) is 16.3 Å². The van der Waals surface area contributed by atoms with Gasteiger partial charge in [-0.3, -0.25) is 4.79 Å². The average Bonchev–Trinajstić information content (AvgIpc) is 2.38. The summed E-state index contributed by atoms with van der Waals surface area (Å²) < 4.78 is 5.97. The molecule has 3 nitrogen and oxygen atoms in total. The Morgan fingerprint density at radius 2 is 2.05 bits per heavy atom. The monoisotopic (exact) mass is 353 g/mol. The highest BCUT2D eigenvalue weighted by Gasteiger charge is 2.12. The van der Waals surface area contributed by atoms with Crippen molar-refractivity contribution in [2.24, 2.45) is 0 Å². The third-order valence-electron chi connectivity index (χ3n) is 2.89. The lowest BCUT2D eigenvalue weighted by Crippen LogP contribution is -2.07. The molecule has 20 heavy (non-hydrogen) atoms. The molecule has 0 heterocycles. The minimum atomic E-state index is -0.0452. The second-order valence-electron chi connectivity index (χ2n) is 4.30. The first-order chi connectivity index (χ1) is 9.51. The lowest BCUT2D eigenvalue weighted by atomic mass is 10.0. The van der Waals surface area contributed by atoms with E-state index in [1.54, 1.807) is 25.3 Å². The van der Waals surface area contributed by atoms with Gasteiger partial charge in [-0.25, -0.2) is 0 Å². The third kappa shape index (κ3) is 3.32. The van der Waals surface area contributed by atoms with Crippen molar-refractivity contribution in [3.05, 3.63) is 57.0 Å². The second kappa shape index (κ2) is 6.29. The molecular weight excluding hydrogens is 342 g/mol. The molecule has 104 valence electrons. The number of ketones is 1. The normalized spacial score (nSPS) is 10.3. The number of rotatable bonds is 4. The predicted molar refractivity (Wildman–Crippen MR) is 84.6 cm³/mol. The van der Waals surface area contributed by atoms with E-state index in [1.807, 2.05) is 18.2 Å². The number of nitrogens with two attached hydrogens (primary N) is 1. The minimum absolute atomic E-state index is 0.0452. The van der Waals surface area contributed by atoms with Gasteiger partial charge in [-0.1, -0.05) is 17.7 Å². The molecule has 0 aliphatic heterocycles. The van der Waals surface area contributed by atoms with Crippen LogP contribution in [0.2, 0.25) is 5.02 Å². The van der Waals surface area contributed by atoms with E-state index >= 15 is 0 Å². The van der Waals surface area contributed by atoms with Crippen molar-refractivity contribution < 1.29 is 9.53 Å². The average molecular weight is 355 g/mol. The lowest BCUT2D eigenvalue weighted by Gasteiger charge is -2.08. The van der Waals surface area contributed by atoms with Crippen molar-refractivity contribution in [3.63, 3.8) is 0 Å². The number of carbonyl (C=O) groups is 1. The number of nitrogen functional groups attached to an aromatic ring is 1. The number of benzene rings is 2. The molecule has 0 unspecified atom stereocenters. The van der Waals surface area contributed by atoms with Crippen molar-refractivity contribution in [1.82, 2.24) is 0 Å². The maximum absolute atomic E-state index is 12.2. The van der Waals surface area contributed by atoms with Crippen LogP contribution in [-0.2, 0) is 6.42 Å². The SMILES string of the molecule is COc1ccc(CC(=O)c2ccc(Cl)cc2N)cc1Br. The Kier molecular flexibility index (Phi) is 4.68. The van der Waals surface area contributed by atoms with Crippen molar-refractivity contribution >= 4 is 39.0 Å². The molecular formula is C15H13BrClNO2. The van der Waals surface area contributed by atoms with Crippen LogP contribution in [0.5, 0.6) is 5.75 Å². The van der Waals surface area contributed by atoms with Gasteiger partial charge in [0, 0.05) is 22.7 Å². The van der Waals surface area contributed by atoms with Crippen LogP contribution in [-0.4, -0.2) is 12.9 Å². The number of halogens is 2. The third-order valence-corrected chi connectivity index (χ3v) is 3.75. The fraction of sp³-hybridized carbons (Fsp3) is 0.133. The van der Waals surface area contributed by atoms with Gasteiger partial charge in [-0.05, 0) is 51.8 Å². The van der Waals surface area contributed by atoms with E-state index in [-0.39, 0.29) is 12.2 Å². The van der Waals surface area contributed by atoms with Crippen LogP contribution in [0.4, 0.5) is 5.69 Å². The number of Topliss-reactive ketones (excluding diaryl/α,β-unsaturated/α-hetero) is 1. The molecule has 0 bridgehead atoms. The highest BCUT2D eigenvalue weighted by atomic mass is 79.9. The quantitative estimate of drug-likeness (QED) is 0.664. The number of hydrogen-bond donors (Lipinski definition) is 1. The number of hydrogen-bond acceptors (Lipinski definition) is 3. The molecule has 0 atom stereocenters. The van der Waals surface area contributed by atoms with Crippen molar-refractivity contribution in [1.29, 1.82) is 0 Å². The van der Waals surface area contributed by atoms with Crippen LogP contribution in [0.3, 0.4) is 0 Å². The van der Waals surface area contributed by atoms with E-state index in [1.165, 1.54) is 0 Å². The van der Waals surface area contributed by atoms with Crippen LogP contribution < -0.4 is 10.5 Å². The number of ether oxygens (including phenoxy) is 1. The Labute approximate surface area is 130 Å². The molecule has 2 N–H and O–H groups in total. The molecule has 0 spiro atoms. The van der Waals surface area contributed by atoms with Gasteiger partial charge in [0.25, 0.3) is 0 Å². The van der Waals surface area contributed by atoms with Crippen LogP contribution in [0, 0.1) is 0 Å². The first-order valence-electron chi connectivity index (χ1n) is 5.92. The molecule has 0 aliphatic carbocycles. The van der Waals surface area contributed by atoms with Crippen molar-refractivity contribution in [2.45, 2.75) is 6.42 Å².